The van der Waals surface area contributed by atoms with E-state index in [0.717, 1.165) is 14.8 Å². The molecule has 41 heavy (non-hydrogen) atoms. The number of amides is 2. The number of carbonyl (C=O) groups is 2. The van der Waals surface area contributed by atoms with Gasteiger partial charge in [0.15, 0.2) is 0 Å². The lowest BCUT2D eigenvalue weighted by Gasteiger charge is -2.33. The molecule has 0 saturated carbocycles. The molecule has 0 aliphatic carbocycles. The molecule has 2 atom stereocenters. The Labute approximate surface area is 257 Å². The number of halogens is 2. The Morgan fingerprint density at radius 2 is 1.54 bits per heavy atom. The van der Waals surface area contributed by atoms with Crippen LogP contribution < -0.4 is 9.62 Å². The van der Waals surface area contributed by atoms with E-state index < -0.39 is 28.5 Å². The van der Waals surface area contributed by atoms with E-state index in [9.17, 15) is 18.0 Å². The maximum absolute atomic E-state index is 14.1. The molecule has 1 N–H and O–H groups in total. The molecule has 0 aromatic heterocycles. The molecule has 7 nitrogen and oxygen atoms in total. The van der Waals surface area contributed by atoms with Crippen LogP contribution in [0.3, 0.4) is 0 Å². The van der Waals surface area contributed by atoms with E-state index in [4.69, 9.17) is 23.2 Å². The number of sulfonamides is 1. The molecule has 0 aliphatic heterocycles. The molecule has 0 spiro atoms. The van der Waals surface area contributed by atoms with Crippen molar-refractivity contribution in [2.75, 3.05) is 17.1 Å². The maximum Gasteiger partial charge on any atom is 0.264 e. The predicted octanol–water partition coefficient (Wildman–Crippen LogP) is 6.55. The van der Waals surface area contributed by atoms with Crippen molar-refractivity contribution in [1.29, 1.82) is 0 Å². The van der Waals surface area contributed by atoms with Gasteiger partial charge in [0.2, 0.25) is 11.8 Å². The first-order valence-corrected chi connectivity index (χ1v) is 16.6. The zero-order chi connectivity index (χ0) is 30.3. The van der Waals surface area contributed by atoms with Gasteiger partial charge in [-0.25, -0.2) is 8.42 Å². The van der Waals surface area contributed by atoms with Crippen LogP contribution in [0.2, 0.25) is 10.0 Å². The van der Waals surface area contributed by atoms with Crippen molar-refractivity contribution < 1.29 is 18.0 Å². The quantitative estimate of drug-likeness (QED) is 0.228. The summed E-state index contributed by atoms with van der Waals surface area (Å²) in [6, 6.07) is 17.3. The van der Waals surface area contributed by atoms with Crippen molar-refractivity contribution in [2.45, 2.75) is 62.5 Å². The van der Waals surface area contributed by atoms with Gasteiger partial charge in [-0.15, -0.1) is 11.8 Å². The second kappa shape index (κ2) is 14.4. The zero-order valence-corrected chi connectivity index (χ0v) is 26.9. The number of benzene rings is 3. The number of thioether (sulfide) groups is 1. The van der Waals surface area contributed by atoms with Gasteiger partial charge < -0.3 is 10.2 Å². The first-order valence-electron chi connectivity index (χ1n) is 13.1. The maximum atomic E-state index is 14.1. The second-order valence-corrected chi connectivity index (χ2v) is 13.3. The molecule has 0 heterocycles. The van der Waals surface area contributed by atoms with Crippen molar-refractivity contribution in [3.8, 4) is 0 Å². The van der Waals surface area contributed by atoms with Gasteiger partial charge in [-0.1, -0.05) is 53.9 Å². The Hall–Kier alpha value is -2.72. The summed E-state index contributed by atoms with van der Waals surface area (Å²) in [6.45, 7) is 6.68. The van der Waals surface area contributed by atoms with Crippen LogP contribution in [-0.4, -0.2) is 50.0 Å². The Kier molecular flexibility index (Phi) is 11.6. The molecule has 0 radical (unpaired) electrons. The molecule has 0 fully saturated rings. The SMILES string of the molecule is CC[C@H](C)NC(=O)[C@@H](C)N(Cc1c(Cl)cccc1Cl)C(=O)CN(c1ccc(C)cc1)S(=O)(=O)c1ccc(SC)cc1. The van der Waals surface area contributed by atoms with Crippen molar-refractivity contribution in [3.05, 3.63) is 87.9 Å². The first kappa shape index (κ1) is 32.8. The minimum atomic E-state index is -4.15. The average molecular weight is 637 g/mol. The molecule has 3 rings (SSSR count). The Morgan fingerprint density at radius 1 is 0.951 bits per heavy atom. The van der Waals surface area contributed by atoms with Crippen LogP contribution in [0.1, 0.15) is 38.3 Å². The van der Waals surface area contributed by atoms with Gasteiger partial charge in [-0.05, 0) is 82.0 Å². The predicted molar refractivity (Wildman–Crippen MR) is 168 cm³/mol. The monoisotopic (exact) mass is 635 g/mol. The van der Waals surface area contributed by atoms with E-state index in [0.29, 0.717) is 27.7 Å². The highest BCUT2D eigenvalue weighted by Crippen LogP contribution is 2.29. The summed E-state index contributed by atoms with van der Waals surface area (Å²) in [5.41, 5.74) is 1.72. The smallest absolute Gasteiger partial charge is 0.264 e. The van der Waals surface area contributed by atoms with Gasteiger partial charge in [0.1, 0.15) is 12.6 Å². The number of rotatable bonds is 12. The fourth-order valence-corrected chi connectivity index (χ4v) is 6.36. The molecular weight excluding hydrogens is 601 g/mol. The Morgan fingerprint density at radius 3 is 2.07 bits per heavy atom. The second-order valence-electron chi connectivity index (χ2n) is 9.74. The fourth-order valence-electron chi connectivity index (χ4n) is 4.02. The number of anilines is 1. The minimum absolute atomic E-state index is 0.0481. The van der Waals surface area contributed by atoms with Crippen molar-refractivity contribution in [2.24, 2.45) is 0 Å². The van der Waals surface area contributed by atoms with Gasteiger partial charge in [0.25, 0.3) is 10.0 Å². The molecule has 0 aliphatic rings. The number of nitrogens with one attached hydrogen (secondary N) is 1. The summed E-state index contributed by atoms with van der Waals surface area (Å²) < 4.78 is 29.0. The third-order valence-electron chi connectivity index (χ3n) is 6.81. The van der Waals surface area contributed by atoms with Crippen LogP contribution in [0.4, 0.5) is 5.69 Å². The molecular formula is C30H35Cl2N3O4S2. The van der Waals surface area contributed by atoms with Crippen LogP contribution >= 0.6 is 35.0 Å². The van der Waals surface area contributed by atoms with Crippen LogP contribution in [-0.2, 0) is 26.2 Å². The first-order chi connectivity index (χ1) is 19.4. The number of hydrogen-bond acceptors (Lipinski definition) is 5. The van der Waals surface area contributed by atoms with Crippen LogP contribution in [0, 0.1) is 6.92 Å². The molecule has 2 amide bonds. The van der Waals surface area contributed by atoms with Crippen molar-refractivity contribution in [3.63, 3.8) is 0 Å². The zero-order valence-electron chi connectivity index (χ0n) is 23.7. The van der Waals surface area contributed by atoms with Gasteiger partial charge in [-0.3, -0.25) is 13.9 Å². The Bertz CT molecular complexity index is 1450. The van der Waals surface area contributed by atoms with Crippen molar-refractivity contribution in [1.82, 2.24) is 10.2 Å². The summed E-state index contributed by atoms with van der Waals surface area (Å²) in [4.78, 5) is 29.5. The number of hydrogen-bond donors (Lipinski definition) is 1. The van der Waals surface area contributed by atoms with Gasteiger partial charge in [0, 0.05) is 33.1 Å². The molecule has 0 saturated heterocycles. The van der Waals surface area contributed by atoms with Crippen LogP contribution in [0.5, 0.6) is 0 Å². The highest BCUT2D eigenvalue weighted by Gasteiger charge is 2.33. The van der Waals surface area contributed by atoms with E-state index in [1.54, 1.807) is 61.5 Å². The third kappa shape index (κ3) is 8.19. The van der Waals surface area contributed by atoms with Gasteiger partial charge in [-0.2, -0.15) is 0 Å². The van der Waals surface area contributed by atoms with E-state index in [-0.39, 0.29) is 23.4 Å². The fraction of sp³-hybridized carbons (Fsp3) is 0.333. The summed E-state index contributed by atoms with van der Waals surface area (Å²) in [5.74, 6) is -0.953. The van der Waals surface area contributed by atoms with Crippen LogP contribution in [0.15, 0.2) is 76.5 Å². The average Bonchev–Trinajstić information content (AvgIpc) is 2.95. The van der Waals surface area contributed by atoms with E-state index in [1.807, 2.05) is 27.0 Å². The highest BCUT2D eigenvalue weighted by atomic mass is 35.5. The number of carbonyl (C=O) groups excluding carboxylic acids is 2. The lowest BCUT2D eigenvalue weighted by atomic mass is 10.1. The van der Waals surface area contributed by atoms with Crippen LogP contribution in [0.25, 0.3) is 0 Å². The standard InChI is InChI=1S/C30H35Cl2N3O4S2/c1-6-21(3)33-30(37)22(4)34(18-26-27(31)8-7-9-28(26)32)29(36)19-35(23-12-10-20(2)11-13-23)41(38,39)25-16-14-24(40-5)15-17-25/h7-17,21-22H,6,18-19H2,1-5H3,(H,33,37)/t21-,22+/m0/s1. The normalized spacial score (nSPS) is 12.9. The molecule has 220 valence electrons. The lowest BCUT2D eigenvalue weighted by Crippen LogP contribution is -2.52. The highest BCUT2D eigenvalue weighted by molar-refractivity contribution is 7.98. The molecule has 0 bridgehead atoms. The van der Waals surface area contributed by atoms with Crippen molar-refractivity contribution >= 4 is 62.5 Å². The summed E-state index contributed by atoms with van der Waals surface area (Å²) in [6.07, 6.45) is 2.61. The largest absolute Gasteiger partial charge is 0.352 e. The topological polar surface area (TPSA) is 86.8 Å². The molecule has 3 aromatic rings. The molecule has 11 heteroatoms. The summed E-state index contributed by atoms with van der Waals surface area (Å²) >= 11 is 14.4. The van der Waals surface area contributed by atoms with Gasteiger partial charge in [0.05, 0.1) is 10.6 Å². The number of nitrogens with zero attached hydrogens (tertiary/aromatic N) is 2. The van der Waals surface area contributed by atoms with E-state index >= 15 is 0 Å². The minimum Gasteiger partial charge on any atom is -0.352 e. The molecule has 0 unspecified atom stereocenters. The number of aryl methyl sites for hydroxylation is 1. The van der Waals surface area contributed by atoms with E-state index in [1.165, 1.54) is 28.8 Å². The summed E-state index contributed by atoms with van der Waals surface area (Å²) in [7, 11) is -4.15. The third-order valence-corrected chi connectivity index (χ3v) is 10.0. The summed E-state index contributed by atoms with van der Waals surface area (Å²) in [5, 5.41) is 3.58. The Balaban J connectivity index is 2.06. The molecule has 3 aromatic carbocycles. The lowest BCUT2D eigenvalue weighted by molar-refractivity contribution is -0.139. The van der Waals surface area contributed by atoms with Gasteiger partial charge >= 0.3 is 0 Å². The van der Waals surface area contributed by atoms with E-state index in [2.05, 4.69) is 5.32 Å².